The second-order valence-electron chi connectivity index (χ2n) is 3.49. The first kappa shape index (κ1) is 9.98. The zero-order valence-electron chi connectivity index (χ0n) is 7.82. The standard InChI is InChI=1S/C8H15N3O2/c1-5(9)8(13)11-4-2-3-6(11)7(10)12/h5-6H,2-4,9H2,1H3,(H2,10,12)/p+1/t5-,6-/m0/s1. The van der Waals surface area contributed by atoms with Gasteiger partial charge >= 0.3 is 0 Å². The molecule has 0 aliphatic carbocycles. The zero-order chi connectivity index (χ0) is 10.0. The van der Waals surface area contributed by atoms with Crippen molar-refractivity contribution >= 4 is 11.8 Å². The maximum absolute atomic E-state index is 11.5. The average molecular weight is 186 g/mol. The van der Waals surface area contributed by atoms with Gasteiger partial charge in [0, 0.05) is 6.54 Å². The van der Waals surface area contributed by atoms with Crippen molar-refractivity contribution in [2.45, 2.75) is 31.8 Å². The van der Waals surface area contributed by atoms with E-state index in [0.717, 1.165) is 6.42 Å². The smallest absolute Gasteiger partial charge is 0.281 e. The van der Waals surface area contributed by atoms with Crippen molar-refractivity contribution in [2.75, 3.05) is 6.54 Å². The number of quaternary nitrogens is 1. The van der Waals surface area contributed by atoms with Crippen LogP contribution in [0.15, 0.2) is 0 Å². The maximum atomic E-state index is 11.5. The van der Waals surface area contributed by atoms with Gasteiger partial charge in [-0.2, -0.15) is 0 Å². The molecular weight excluding hydrogens is 170 g/mol. The van der Waals surface area contributed by atoms with E-state index < -0.39 is 11.9 Å². The summed E-state index contributed by atoms with van der Waals surface area (Å²) in [6.45, 7) is 2.35. The normalized spacial score (nSPS) is 24.5. The molecule has 0 saturated carbocycles. The minimum atomic E-state index is -0.411. The van der Waals surface area contributed by atoms with E-state index in [-0.39, 0.29) is 11.9 Å². The molecule has 5 heteroatoms. The van der Waals surface area contributed by atoms with Crippen LogP contribution in [0, 0.1) is 0 Å². The van der Waals surface area contributed by atoms with Gasteiger partial charge in [0.1, 0.15) is 6.04 Å². The molecule has 1 aliphatic heterocycles. The number of primary amides is 1. The molecule has 0 bridgehead atoms. The summed E-state index contributed by atoms with van der Waals surface area (Å²) < 4.78 is 0. The molecule has 0 radical (unpaired) electrons. The average Bonchev–Trinajstić information content (AvgIpc) is 2.50. The van der Waals surface area contributed by atoms with E-state index in [1.807, 2.05) is 0 Å². The Morgan fingerprint density at radius 2 is 2.23 bits per heavy atom. The molecule has 0 aromatic rings. The Morgan fingerprint density at radius 1 is 1.62 bits per heavy atom. The van der Waals surface area contributed by atoms with Gasteiger partial charge in [0.25, 0.3) is 5.91 Å². The molecule has 2 atom stereocenters. The van der Waals surface area contributed by atoms with Crippen LogP contribution in [0.1, 0.15) is 19.8 Å². The SMILES string of the molecule is C[C@H]([NH3+])C(=O)N1CCC[C@H]1C(N)=O. The summed E-state index contributed by atoms with van der Waals surface area (Å²) in [5.41, 5.74) is 8.81. The molecule has 1 aliphatic rings. The van der Waals surface area contributed by atoms with Gasteiger partial charge in [0.05, 0.1) is 0 Å². The minimum Gasteiger partial charge on any atom is -0.368 e. The predicted octanol–water partition coefficient (Wildman–Crippen LogP) is -1.91. The Labute approximate surface area is 77.1 Å². The number of amides is 2. The molecule has 0 aromatic heterocycles. The number of nitrogens with two attached hydrogens (primary N) is 1. The van der Waals surface area contributed by atoms with Crippen molar-refractivity contribution in [2.24, 2.45) is 5.73 Å². The van der Waals surface area contributed by atoms with E-state index in [4.69, 9.17) is 5.73 Å². The first-order chi connectivity index (χ1) is 6.04. The van der Waals surface area contributed by atoms with Crippen LogP contribution in [0.4, 0.5) is 0 Å². The van der Waals surface area contributed by atoms with Crippen LogP contribution >= 0.6 is 0 Å². The summed E-state index contributed by atoms with van der Waals surface area (Å²) in [5.74, 6) is -0.493. The lowest BCUT2D eigenvalue weighted by Gasteiger charge is -2.22. The molecule has 1 heterocycles. The van der Waals surface area contributed by atoms with Gasteiger partial charge in [-0.3, -0.25) is 9.59 Å². The molecule has 0 spiro atoms. The summed E-state index contributed by atoms with van der Waals surface area (Å²) in [5, 5.41) is 0. The third kappa shape index (κ3) is 1.98. The topological polar surface area (TPSA) is 91.0 Å². The second-order valence-corrected chi connectivity index (χ2v) is 3.49. The number of likely N-dealkylation sites (tertiary alicyclic amines) is 1. The first-order valence-electron chi connectivity index (χ1n) is 4.47. The van der Waals surface area contributed by atoms with Gasteiger partial charge < -0.3 is 16.4 Å². The van der Waals surface area contributed by atoms with E-state index in [1.165, 1.54) is 0 Å². The summed E-state index contributed by atoms with van der Waals surface area (Å²) in [6, 6.07) is -0.711. The molecule has 2 amide bonds. The molecular formula is C8H16N3O2+. The molecule has 1 fully saturated rings. The van der Waals surface area contributed by atoms with Gasteiger partial charge in [-0.15, -0.1) is 0 Å². The lowest BCUT2D eigenvalue weighted by Crippen LogP contribution is -2.67. The largest absolute Gasteiger partial charge is 0.368 e. The van der Waals surface area contributed by atoms with Crippen LogP contribution in [0.5, 0.6) is 0 Å². The third-order valence-corrected chi connectivity index (χ3v) is 2.29. The quantitative estimate of drug-likeness (QED) is 0.527. The Balaban J connectivity index is 2.68. The van der Waals surface area contributed by atoms with Gasteiger partial charge in [-0.05, 0) is 19.8 Å². The van der Waals surface area contributed by atoms with E-state index in [1.54, 1.807) is 11.8 Å². The van der Waals surface area contributed by atoms with Gasteiger partial charge in [-0.25, -0.2) is 0 Å². The highest BCUT2D eigenvalue weighted by Gasteiger charge is 2.34. The van der Waals surface area contributed by atoms with E-state index in [9.17, 15) is 9.59 Å². The van der Waals surface area contributed by atoms with Crippen LogP contribution in [0.25, 0.3) is 0 Å². The Morgan fingerprint density at radius 3 is 2.69 bits per heavy atom. The van der Waals surface area contributed by atoms with Gasteiger partial charge in [-0.1, -0.05) is 0 Å². The van der Waals surface area contributed by atoms with Crippen LogP contribution < -0.4 is 11.5 Å². The molecule has 5 N–H and O–H groups in total. The Bertz CT molecular complexity index is 227. The Kier molecular flexibility index (Phi) is 2.87. The fraction of sp³-hybridized carbons (Fsp3) is 0.750. The molecule has 5 nitrogen and oxygen atoms in total. The fourth-order valence-corrected chi connectivity index (χ4v) is 1.61. The maximum Gasteiger partial charge on any atom is 0.281 e. The molecule has 74 valence electrons. The van der Waals surface area contributed by atoms with Gasteiger partial charge in [0.15, 0.2) is 6.04 Å². The number of carbonyl (C=O) groups is 2. The van der Waals surface area contributed by atoms with Crippen molar-refractivity contribution < 1.29 is 15.3 Å². The lowest BCUT2D eigenvalue weighted by molar-refractivity contribution is -0.400. The molecule has 0 aromatic carbocycles. The summed E-state index contributed by atoms with van der Waals surface area (Å²) in [4.78, 5) is 24.0. The molecule has 1 saturated heterocycles. The van der Waals surface area contributed by atoms with Crippen molar-refractivity contribution in [1.82, 2.24) is 4.90 Å². The van der Waals surface area contributed by atoms with Crippen molar-refractivity contribution in [3.8, 4) is 0 Å². The van der Waals surface area contributed by atoms with Gasteiger partial charge in [0.2, 0.25) is 5.91 Å². The molecule has 0 unspecified atom stereocenters. The summed E-state index contributed by atoms with van der Waals surface area (Å²) in [6.07, 6.45) is 1.54. The number of nitrogens with zero attached hydrogens (tertiary/aromatic N) is 1. The zero-order valence-corrected chi connectivity index (χ0v) is 7.82. The van der Waals surface area contributed by atoms with Crippen molar-refractivity contribution in [3.05, 3.63) is 0 Å². The van der Waals surface area contributed by atoms with Crippen LogP contribution in [0.2, 0.25) is 0 Å². The van der Waals surface area contributed by atoms with Crippen LogP contribution in [0.3, 0.4) is 0 Å². The highest BCUT2D eigenvalue weighted by Crippen LogP contribution is 2.17. The van der Waals surface area contributed by atoms with Crippen LogP contribution in [-0.4, -0.2) is 35.3 Å². The summed E-state index contributed by atoms with van der Waals surface area (Å²) >= 11 is 0. The summed E-state index contributed by atoms with van der Waals surface area (Å²) in [7, 11) is 0. The third-order valence-electron chi connectivity index (χ3n) is 2.29. The number of carbonyl (C=O) groups excluding carboxylic acids is 2. The predicted molar refractivity (Wildman–Crippen MR) is 46.3 cm³/mol. The highest BCUT2D eigenvalue weighted by atomic mass is 16.2. The number of hydrogen-bond donors (Lipinski definition) is 2. The van der Waals surface area contributed by atoms with E-state index >= 15 is 0 Å². The van der Waals surface area contributed by atoms with Crippen molar-refractivity contribution in [3.63, 3.8) is 0 Å². The molecule has 1 rings (SSSR count). The number of hydrogen-bond acceptors (Lipinski definition) is 2. The lowest BCUT2D eigenvalue weighted by atomic mass is 10.2. The number of rotatable bonds is 2. The monoisotopic (exact) mass is 186 g/mol. The second kappa shape index (κ2) is 3.74. The fourth-order valence-electron chi connectivity index (χ4n) is 1.61. The highest BCUT2D eigenvalue weighted by molar-refractivity contribution is 5.88. The van der Waals surface area contributed by atoms with Crippen LogP contribution in [-0.2, 0) is 9.59 Å². The van der Waals surface area contributed by atoms with E-state index in [2.05, 4.69) is 5.73 Å². The Hall–Kier alpha value is -1.10. The first-order valence-corrected chi connectivity index (χ1v) is 4.47. The minimum absolute atomic E-state index is 0.0821. The molecule has 13 heavy (non-hydrogen) atoms. The van der Waals surface area contributed by atoms with Crippen molar-refractivity contribution in [1.29, 1.82) is 0 Å². The van der Waals surface area contributed by atoms with E-state index in [0.29, 0.717) is 13.0 Å².